The number of hydrogen-bond donors (Lipinski definition) is 1. The molecule has 0 unspecified atom stereocenters. The van der Waals surface area contributed by atoms with Crippen molar-refractivity contribution < 1.29 is 0 Å². The first-order valence-electron chi connectivity index (χ1n) is 9.34. The molecule has 2 nitrogen and oxygen atoms in total. The van der Waals surface area contributed by atoms with Crippen LogP contribution in [0.4, 0.5) is 11.4 Å². The molecule has 1 N–H and O–H groups in total. The number of rotatable bonds is 6. The highest BCUT2D eigenvalue weighted by Crippen LogP contribution is 2.22. The second kappa shape index (κ2) is 9.00. The van der Waals surface area contributed by atoms with Gasteiger partial charge in [-0.2, -0.15) is 0 Å². The van der Waals surface area contributed by atoms with E-state index in [1.807, 2.05) is 6.07 Å². The van der Waals surface area contributed by atoms with Crippen molar-refractivity contribution in [2.45, 2.75) is 33.1 Å². The quantitative estimate of drug-likeness (QED) is 0.419. The van der Waals surface area contributed by atoms with Gasteiger partial charge in [-0.15, -0.1) is 0 Å². The molecular weight excluding hydrogens is 316 g/mol. The summed E-state index contributed by atoms with van der Waals surface area (Å²) in [5.41, 5.74) is 6.00. The topological polar surface area (TPSA) is 24.4 Å². The number of amidine groups is 1. The number of hydrogen-bond acceptors (Lipinski definition) is 1. The highest BCUT2D eigenvalue weighted by atomic mass is 15.0. The normalized spacial score (nSPS) is 11.4. The van der Waals surface area contributed by atoms with Gasteiger partial charge in [0, 0.05) is 12.1 Å². The summed E-state index contributed by atoms with van der Waals surface area (Å²) >= 11 is 0. The number of nitrogens with zero attached hydrogens (tertiary/aromatic N) is 1. The lowest BCUT2D eigenvalue weighted by Crippen LogP contribution is -2.16. The molecule has 132 valence electrons. The summed E-state index contributed by atoms with van der Waals surface area (Å²) in [6, 6.07) is 27.3. The number of aryl methyl sites for hydroxylation is 2. The maximum Gasteiger partial charge on any atom is 0.111 e. The molecular formula is C24H26N2. The number of para-hydroxylation sites is 2. The summed E-state index contributed by atoms with van der Waals surface area (Å²) < 4.78 is 0. The third-order valence-corrected chi connectivity index (χ3v) is 4.52. The van der Waals surface area contributed by atoms with E-state index in [2.05, 4.69) is 92.0 Å². The largest absolute Gasteiger partial charge is 0.343 e. The molecule has 0 heterocycles. The summed E-state index contributed by atoms with van der Waals surface area (Å²) in [6.45, 7) is 4.35. The van der Waals surface area contributed by atoms with E-state index in [1.54, 1.807) is 0 Å². The number of nitrogens with one attached hydrogen (secondary N) is 1. The first-order chi connectivity index (χ1) is 12.8. The number of anilines is 1. The molecule has 0 atom stereocenters. The van der Waals surface area contributed by atoms with Crippen molar-refractivity contribution in [2.75, 3.05) is 5.32 Å². The molecule has 0 aliphatic carbocycles. The predicted molar refractivity (Wildman–Crippen MR) is 113 cm³/mol. The molecule has 0 aliphatic rings. The first kappa shape index (κ1) is 17.9. The van der Waals surface area contributed by atoms with E-state index in [9.17, 15) is 0 Å². The third-order valence-electron chi connectivity index (χ3n) is 4.52. The van der Waals surface area contributed by atoms with Gasteiger partial charge < -0.3 is 5.32 Å². The summed E-state index contributed by atoms with van der Waals surface area (Å²) in [5.74, 6) is 0.970. The Balaban J connectivity index is 1.97. The van der Waals surface area contributed by atoms with E-state index >= 15 is 0 Å². The van der Waals surface area contributed by atoms with E-state index in [0.717, 1.165) is 36.5 Å². The fourth-order valence-corrected chi connectivity index (χ4v) is 3.07. The monoisotopic (exact) mass is 342 g/mol. The second-order valence-electron chi connectivity index (χ2n) is 6.34. The fourth-order valence-electron chi connectivity index (χ4n) is 3.07. The molecule has 0 saturated carbocycles. The van der Waals surface area contributed by atoms with Crippen LogP contribution in [-0.2, 0) is 19.3 Å². The van der Waals surface area contributed by atoms with Crippen molar-refractivity contribution in [3.8, 4) is 0 Å². The van der Waals surface area contributed by atoms with E-state index in [0.29, 0.717) is 0 Å². The van der Waals surface area contributed by atoms with Gasteiger partial charge in [0.05, 0.1) is 5.69 Å². The Hall–Kier alpha value is -2.87. The molecule has 0 aromatic heterocycles. The zero-order valence-electron chi connectivity index (χ0n) is 15.6. The molecule has 0 amide bonds. The minimum atomic E-state index is 0.775. The maximum absolute atomic E-state index is 5.00. The van der Waals surface area contributed by atoms with Crippen LogP contribution < -0.4 is 5.32 Å². The highest BCUT2D eigenvalue weighted by molar-refractivity contribution is 5.99. The summed E-state index contributed by atoms with van der Waals surface area (Å²) in [6.07, 6.45) is 2.74. The number of benzene rings is 3. The summed E-state index contributed by atoms with van der Waals surface area (Å²) in [7, 11) is 0. The van der Waals surface area contributed by atoms with Crippen LogP contribution in [0.2, 0.25) is 0 Å². The van der Waals surface area contributed by atoms with Crippen molar-refractivity contribution in [2.24, 2.45) is 4.99 Å². The zero-order chi connectivity index (χ0) is 18.2. The minimum absolute atomic E-state index is 0.775. The Labute approximate surface area is 156 Å². The van der Waals surface area contributed by atoms with Crippen LogP contribution in [0.25, 0.3) is 0 Å². The summed E-state index contributed by atoms with van der Waals surface area (Å²) in [5, 5.41) is 3.60. The van der Waals surface area contributed by atoms with E-state index in [-0.39, 0.29) is 0 Å². The van der Waals surface area contributed by atoms with E-state index in [4.69, 9.17) is 4.99 Å². The van der Waals surface area contributed by atoms with Gasteiger partial charge in [0.15, 0.2) is 0 Å². The Morgan fingerprint density at radius 2 is 1.35 bits per heavy atom. The smallest absolute Gasteiger partial charge is 0.111 e. The van der Waals surface area contributed by atoms with Crippen LogP contribution in [0, 0.1) is 0 Å². The van der Waals surface area contributed by atoms with Gasteiger partial charge >= 0.3 is 0 Å². The Bertz CT molecular complexity index is 866. The number of aliphatic imine (C=N–C) groups is 1. The van der Waals surface area contributed by atoms with Crippen molar-refractivity contribution in [3.63, 3.8) is 0 Å². The Morgan fingerprint density at radius 3 is 2.08 bits per heavy atom. The molecule has 0 radical (unpaired) electrons. The lowest BCUT2D eigenvalue weighted by Gasteiger charge is -2.14. The molecule has 26 heavy (non-hydrogen) atoms. The second-order valence-corrected chi connectivity index (χ2v) is 6.34. The van der Waals surface area contributed by atoms with E-state index in [1.165, 1.54) is 16.7 Å². The van der Waals surface area contributed by atoms with Crippen LogP contribution in [0.5, 0.6) is 0 Å². The minimum Gasteiger partial charge on any atom is -0.343 e. The van der Waals surface area contributed by atoms with Crippen molar-refractivity contribution in [1.29, 1.82) is 0 Å². The first-order valence-corrected chi connectivity index (χ1v) is 9.34. The van der Waals surface area contributed by atoms with Gasteiger partial charge in [0.1, 0.15) is 5.84 Å². The molecule has 3 rings (SSSR count). The average molecular weight is 342 g/mol. The van der Waals surface area contributed by atoms with Crippen molar-refractivity contribution in [1.82, 2.24) is 0 Å². The van der Waals surface area contributed by atoms with Crippen LogP contribution in [0.3, 0.4) is 0 Å². The van der Waals surface area contributed by atoms with Gasteiger partial charge in [0.25, 0.3) is 0 Å². The van der Waals surface area contributed by atoms with Crippen molar-refractivity contribution in [3.05, 3.63) is 95.6 Å². The lowest BCUT2D eigenvalue weighted by atomic mass is 10.1. The highest BCUT2D eigenvalue weighted by Gasteiger charge is 2.07. The molecule has 2 heteroatoms. The van der Waals surface area contributed by atoms with Gasteiger partial charge in [-0.3, -0.25) is 0 Å². The standard InChI is InChI=1S/C24H26N2/c1-3-20-14-8-10-16-22(20)25-24(18-19-12-6-5-7-13-19)26-23-17-11-9-15-21(23)4-2/h5-17H,3-4,18H2,1-2H3,(H,25,26). The molecule has 0 aliphatic heterocycles. The molecule has 3 aromatic rings. The Morgan fingerprint density at radius 1 is 0.731 bits per heavy atom. The van der Waals surface area contributed by atoms with Crippen LogP contribution in [0.15, 0.2) is 83.9 Å². The maximum atomic E-state index is 5.00. The van der Waals surface area contributed by atoms with Gasteiger partial charge in [-0.1, -0.05) is 80.6 Å². The molecule has 0 saturated heterocycles. The SMILES string of the molecule is CCc1ccccc1N=C(Cc1ccccc1)Nc1ccccc1CC. The average Bonchev–Trinajstić information content (AvgIpc) is 2.69. The summed E-state index contributed by atoms with van der Waals surface area (Å²) in [4.78, 5) is 5.00. The van der Waals surface area contributed by atoms with Crippen LogP contribution in [-0.4, -0.2) is 5.84 Å². The van der Waals surface area contributed by atoms with Crippen LogP contribution >= 0.6 is 0 Å². The Kier molecular flexibility index (Phi) is 6.21. The fraction of sp³-hybridized carbons (Fsp3) is 0.208. The van der Waals surface area contributed by atoms with Gasteiger partial charge in [-0.25, -0.2) is 4.99 Å². The molecule has 0 fully saturated rings. The zero-order valence-corrected chi connectivity index (χ0v) is 15.6. The lowest BCUT2D eigenvalue weighted by molar-refractivity contribution is 1.13. The van der Waals surface area contributed by atoms with Crippen LogP contribution in [0.1, 0.15) is 30.5 Å². The molecule has 0 bridgehead atoms. The van der Waals surface area contributed by atoms with Gasteiger partial charge in [-0.05, 0) is 41.7 Å². The molecule has 3 aromatic carbocycles. The van der Waals surface area contributed by atoms with Crippen molar-refractivity contribution >= 4 is 17.2 Å². The predicted octanol–water partition coefficient (Wildman–Crippen LogP) is 6.20. The van der Waals surface area contributed by atoms with Gasteiger partial charge in [0.2, 0.25) is 0 Å². The van der Waals surface area contributed by atoms with E-state index < -0.39 is 0 Å². The third kappa shape index (κ3) is 4.60. The molecule has 0 spiro atoms.